The fourth-order valence-electron chi connectivity index (χ4n) is 2.94. The van der Waals surface area contributed by atoms with Crippen molar-refractivity contribution in [3.05, 3.63) is 69.3 Å². The lowest BCUT2D eigenvalue weighted by Gasteiger charge is -2.20. The number of aryl methyl sites for hydroxylation is 1. The van der Waals surface area contributed by atoms with Crippen LogP contribution in [0.25, 0.3) is 16.7 Å². The van der Waals surface area contributed by atoms with Crippen molar-refractivity contribution in [1.82, 2.24) is 0 Å². The summed E-state index contributed by atoms with van der Waals surface area (Å²) in [5, 5.41) is 0.136. The molecule has 0 fully saturated rings. The summed E-state index contributed by atoms with van der Waals surface area (Å²) in [5.41, 5.74) is -8.63. The van der Waals surface area contributed by atoms with E-state index in [9.17, 15) is 44.3 Å². The predicted octanol–water partition coefficient (Wildman–Crippen LogP) is 5.43. The number of aromatic nitrogens is 1. The van der Waals surface area contributed by atoms with Gasteiger partial charge in [0.25, 0.3) is 0 Å². The molecule has 0 bridgehead atoms. The van der Waals surface area contributed by atoms with Gasteiger partial charge in [0.2, 0.25) is 5.69 Å². The van der Waals surface area contributed by atoms with Gasteiger partial charge in [-0.25, -0.2) is 0 Å². The van der Waals surface area contributed by atoms with Crippen LogP contribution in [0.4, 0.5) is 39.5 Å². The lowest BCUT2D eigenvalue weighted by Crippen LogP contribution is -2.47. The minimum absolute atomic E-state index is 0.0257. The van der Waals surface area contributed by atoms with Gasteiger partial charge in [-0.15, -0.1) is 0 Å². The summed E-state index contributed by atoms with van der Waals surface area (Å²) in [4.78, 5) is 12.2. The highest BCUT2D eigenvalue weighted by atomic mass is 19.4. The second-order valence-corrected chi connectivity index (χ2v) is 6.27. The molecule has 0 atom stereocenters. The monoisotopic (exact) mass is 442 g/mol. The fourth-order valence-corrected chi connectivity index (χ4v) is 2.94. The molecule has 2 aromatic carbocycles. The Bertz CT molecular complexity index is 1150. The first-order chi connectivity index (χ1) is 13.6. The van der Waals surface area contributed by atoms with Crippen LogP contribution in [0, 0.1) is 6.92 Å². The van der Waals surface area contributed by atoms with E-state index in [0.29, 0.717) is 5.56 Å². The normalized spacial score (nSPS) is 13.1. The minimum atomic E-state index is -5.95. The number of nitrogens with zero attached hydrogens (tertiary/aromatic N) is 1. The van der Waals surface area contributed by atoms with E-state index in [1.807, 2.05) is 0 Å². The van der Waals surface area contributed by atoms with Gasteiger partial charge in [0, 0.05) is 12.1 Å². The highest BCUT2D eigenvalue weighted by Crippen LogP contribution is 2.47. The van der Waals surface area contributed by atoms with Crippen LogP contribution in [-0.4, -0.2) is 0 Å². The molecular formula is C18H9F9NO2+. The van der Waals surface area contributed by atoms with Crippen molar-refractivity contribution in [2.75, 3.05) is 0 Å². The van der Waals surface area contributed by atoms with Crippen LogP contribution in [0.3, 0.4) is 0 Å². The van der Waals surface area contributed by atoms with E-state index in [1.54, 1.807) is 0 Å². The van der Waals surface area contributed by atoms with E-state index in [4.69, 9.17) is 4.42 Å². The number of rotatable bonds is 1. The second kappa shape index (κ2) is 6.74. The van der Waals surface area contributed by atoms with Crippen molar-refractivity contribution >= 4 is 11.0 Å². The van der Waals surface area contributed by atoms with E-state index >= 15 is 0 Å². The molecule has 0 aliphatic rings. The van der Waals surface area contributed by atoms with Gasteiger partial charge in [-0.3, -0.25) is 0 Å². The number of hydrogen-bond acceptors (Lipinski definition) is 2. The maximum Gasteiger partial charge on any atom is 0.608 e. The summed E-state index contributed by atoms with van der Waals surface area (Å²) in [6.45, 7) is 1.54. The van der Waals surface area contributed by atoms with Crippen LogP contribution in [0.1, 0.15) is 22.3 Å². The Hall–Kier alpha value is -3.05. The molecule has 12 heteroatoms. The molecule has 0 amide bonds. The summed E-state index contributed by atoms with van der Waals surface area (Å²) < 4.78 is 124. The Kier molecular flexibility index (Phi) is 4.87. The average molecular weight is 442 g/mol. The van der Waals surface area contributed by atoms with Crippen molar-refractivity contribution in [3.8, 4) is 5.69 Å². The van der Waals surface area contributed by atoms with Crippen molar-refractivity contribution in [1.29, 1.82) is 0 Å². The Labute approximate surface area is 161 Å². The van der Waals surface area contributed by atoms with Crippen LogP contribution >= 0.6 is 0 Å². The molecule has 0 unspecified atom stereocenters. The highest BCUT2D eigenvalue weighted by molar-refractivity contribution is 5.77. The summed E-state index contributed by atoms with van der Waals surface area (Å²) >= 11 is 0. The number of halogens is 9. The van der Waals surface area contributed by atoms with Gasteiger partial charge in [-0.1, -0.05) is 16.7 Å². The topological polar surface area (TPSA) is 34.1 Å². The molecule has 1 heterocycles. The fraction of sp³-hybridized carbons (Fsp3) is 0.222. The highest BCUT2D eigenvalue weighted by Gasteiger charge is 2.51. The number of benzene rings is 2. The third kappa shape index (κ3) is 3.85. The molecule has 0 aliphatic heterocycles. The molecule has 0 saturated carbocycles. The molecule has 3 rings (SSSR count). The maximum atomic E-state index is 13.3. The van der Waals surface area contributed by atoms with Crippen molar-refractivity contribution < 1.29 is 48.5 Å². The average Bonchev–Trinajstić information content (AvgIpc) is 2.58. The van der Waals surface area contributed by atoms with E-state index in [1.165, 1.54) is 25.1 Å². The third-order valence-electron chi connectivity index (χ3n) is 4.19. The van der Waals surface area contributed by atoms with Gasteiger partial charge in [-0.2, -0.15) is 44.3 Å². The van der Waals surface area contributed by atoms with Gasteiger partial charge < -0.3 is 4.42 Å². The van der Waals surface area contributed by atoms with Crippen LogP contribution in [-0.2, 0) is 18.5 Å². The molecule has 160 valence electrons. The van der Waals surface area contributed by atoms with Crippen molar-refractivity contribution in [3.63, 3.8) is 0 Å². The largest absolute Gasteiger partial charge is 0.608 e. The maximum absolute atomic E-state index is 13.3. The molecule has 3 nitrogen and oxygen atoms in total. The van der Waals surface area contributed by atoms with Crippen LogP contribution in [0.2, 0.25) is 0 Å². The van der Waals surface area contributed by atoms with Crippen LogP contribution in [0.5, 0.6) is 0 Å². The van der Waals surface area contributed by atoms with Crippen LogP contribution in [0.15, 0.2) is 45.7 Å². The Balaban J connectivity index is 2.44. The SMILES string of the molecule is Cc1cccc2c[n+](-c3cc(C(F)(F)F)c(C(F)(F)F)c(C(F)(F)F)c3)c(=O)oc12. The molecule has 0 aliphatic carbocycles. The van der Waals surface area contributed by atoms with Gasteiger partial charge in [0.15, 0.2) is 11.8 Å². The van der Waals surface area contributed by atoms with E-state index < -0.39 is 46.7 Å². The molecule has 30 heavy (non-hydrogen) atoms. The zero-order valence-electron chi connectivity index (χ0n) is 14.6. The molecular weight excluding hydrogens is 433 g/mol. The second-order valence-electron chi connectivity index (χ2n) is 6.27. The Morgan fingerprint density at radius 1 is 0.833 bits per heavy atom. The summed E-state index contributed by atoms with van der Waals surface area (Å²) in [6.07, 6.45) is -16.6. The summed E-state index contributed by atoms with van der Waals surface area (Å²) in [6, 6.07) is 4.04. The zero-order chi connectivity index (χ0) is 22.6. The first kappa shape index (κ1) is 21.7. The molecule has 0 saturated heterocycles. The number of fused-ring (bicyclic) bond motifs is 1. The standard InChI is InChI=1S/C18H9F9NO2/c1-8-3-2-4-9-7-28(15(29)30-14(8)9)10-5-11(16(19,20)21)13(18(25,26)27)12(6-10)17(22,23)24/h2-7H,1H3/q+1. The predicted molar refractivity (Wildman–Crippen MR) is 83.8 cm³/mol. The summed E-state index contributed by atoms with van der Waals surface area (Å²) in [7, 11) is 0. The lowest BCUT2D eigenvalue weighted by atomic mass is 9.98. The molecule has 0 N–H and O–H groups in total. The first-order valence-electron chi connectivity index (χ1n) is 7.96. The smallest absolute Gasteiger partial charge is 0.371 e. The quantitative estimate of drug-likeness (QED) is 0.372. The first-order valence-corrected chi connectivity index (χ1v) is 7.96. The van der Waals surface area contributed by atoms with E-state index in [-0.39, 0.29) is 27.7 Å². The van der Waals surface area contributed by atoms with Gasteiger partial charge in [-0.05, 0) is 18.6 Å². The van der Waals surface area contributed by atoms with Gasteiger partial charge >= 0.3 is 24.3 Å². The number of para-hydroxylation sites is 1. The molecule has 3 aromatic rings. The Morgan fingerprint density at radius 2 is 1.37 bits per heavy atom. The van der Waals surface area contributed by atoms with E-state index in [2.05, 4.69) is 0 Å². The van der Waals surface area contributed by atoms with Gasteiger partial charge in [0.1, 0.15) is 0 Å². The molecule has 0 spiro atoms. The van der Waals surface area contributed by atoms with Crippen molar-refractivity contribution in [2.45, 2.75) is 25.5 Å². The summed E-state index contributed by atoms with van der Waals surface area (Å²) in [5.74, 6) is -1.38. The zero-order valence-corrected chi connectivity index (χ0v) is 14.6. The third-order valence-corrected chi connectivity index (χ3v) is 4.19. The van der Waals surface area contributed by atoms with E-state index in [0.717, 1.165) is 6.20 Å². The molecule has 0 radical (unpaired) electrons. The number of hydrogen-bond donors (Lipinski definition) is 0. The number of alkyl halides is 9. The molecule has 1 aromatic heterocycles. The van der Waals surface area contributed by atoms with Crippen LogP contribution < -0.4 is 10.3 Å². The Morgan fingerprint density at radius 3 is 1.83 bits per heavy atom. The van der Waals surface area contributed by atoms with Gasteiger partial charge in [0.05, 0.1) is 22.1 Å². The lowest BCUT2D eigenvalue weighted by molar-refractivity contribution is -0.623. The van der Waals surface area contributed by atoms with Crippen molar-refractivity contribution in [2.24, 2.45) is 0 Å². The minimum Gasteiger partial charge on any atom is -0.371 e.